The number of amides is 3. The molecule has 10 heteroatoms. The van der Waals surface area contributed by atoms with Crippen molar-refractivity contribution in [2.24, 2.45) is 5.92 Å². The number of hydrogen-bond donors (Lipinski definition) is 0. The third kappa shape index (κ3) is 4.90. The van der Waals surface area contributed by atoms with Crippen molar-refractivity contribution in [1.82, 2.24) is 9.96 Å². The summed E-state index contributed by atoms with van der Waals surface area (Å²) < 4.78 is 10.2. The van der Waals surface area contributed by atoms with Crippen molar-refractivity contribution in [3.05, 3.63) is 35.4 Å². The molecule has 1 saturated heterocycles. The van der Waals surface area contributed by atoms with Crippen LogP contribution in [-0.2, 0) is 23.9 Å². The number of carbonyl (C=O) groups excluding carboxylic acids is 5. The molecule has 2 unspecified atom stereocenters. The number of rotatable bonds is 5. The molecule has 0 saturated carbocycles. The number of hydroxylamine groups is 2. The van der Waals surface area contributed by atoms with Gasteiger partial charge in [0.1, 0.15) is 11.6 Å². The van der Waals surface area contributed by atoms with Crippen LogP contribution in [0.5, 0.6) is 0 Å². The van der Waals surface area contributed by atoms with Crippen LogP contribution in [0.1, 0.15) is 60.7 Å². The molecule has 0 N–H and O–H groups in total. The van der Waals surface area contributed by atoms with Gasteiger partial charge >= 0.3 is 18.0 Å². The van der Waals surface area contributed by atoms with Crippen LogP contribution in [0, 0.1) is 5.92 Å². The van der Waals surface area contributed by atoms with Gasteiger partial charge in [0, 0.05) is 13.0 Å². The Morgan fingerprint density at radius 2 is 1.66 bits per heavy atom. The largest absolute Gasteiger partial charge is 0.467 e. The zero-order chi connectivity index (χ0) is 23.6. The molecule has 0 aliphatic carbocycles. The maximum Gasteiger partial charge on any atom is 0.411 e. The molecule has 1 fully saturated rings. The van der Waals surface area contributed by atoms with Gasteiger partial charge in [-0.15, -0.1) is 0 Å². The number of likely N-dealkylation sites (tertiary alicyclic amines) is 1. The predicted octanol–water partition coefficient (Wildman–Crippen LogP) is 2.32. The molecular weight excluding hydrogens is 420 g/mol. The number of ether oxygens (including phenoxy) is 2. The fraction of sp³-hybridized carbons (Fsp3) is 0.500. The van der Waals surface area contributed by atoms with Gasteiger partial charge in [0.25, 0.3) is 11.8 Å². The van der Waals surface area contributed by atoms with Gasteiger partial charge in [-0.1, -0.05) is 17.2 Å². The van der Waals surface area contributed by atoms with Crippen molar-refractivity contribution >= 4 is 29.8 Å². The zero-order valence-corrected chi connectivity index (χ0v) is 18.5. The average Bonchev–Trinajstić information content (AvgIpc) is 3.26. The highest BCUT2D eigenvalue weighted by atomic mass is 16.7. The van der Waals surface area contributed by atoms with Crippen LogP contribution in [0.4, 0.5) is 4.79 Å². The van der Waals surface area contributed by atoms with E-state index in [1.807, 2.05) is 0 Å². The lowest BCUT2D eigenvalue weighted by molar-refractivity contribution is -0.168. The number of esters is 1. The number of fused-ring (bicyclic) bond motifs is 1. The molecule has 0 bridgehead atoms. The third-order valence-corrected chi connectivity index (χ3v) is 5.20. The van der Waals surface area contributed by atoms with Gasteiger partial charge in [-0.3, -0.25) is 14.5 Å². The molecule has 0 aromatic heterocycles. The first-order valence-corrected chi connectivity index (χ1v) is 10.3. The Labute approximate surface area is 185 Å². The lowest BCUT2D eigenvalue weighted by atomic mass is 10.00. The first-order chi connectivity index (χ1) is 15.0. The van der Waals surface area contributed by atoms with Crippen LogP contribution >= 0.6 is 0 Å². The molecule has 2 heterocycles. The van der Waals surface area contributed by atoms with Gasteiger partial charge in [-0.25, -0.2) is 14.4 Å². The second-order valence-electron chi connectivity index (χ2n) is 8.73. The van der Waals surface area contributed by atoms with E-state index in [9.17, 15) is 24.0 Å². The van der Waals surface area contributed by atoms with Gasteiger partial charge < -0.3 is 14.3 Å². The van der Waals surface area contributed by atoms with Crippen molar-refractivity contribution < 1.29 is 38.3 Å². The summed E-state index contributed by atoms with van der Waals surface area (Å²) in [5.41, 5.74) is -0.378. The number of carbonyl (C=O) groups is 5. The normalized spacial score (nSPS) is 20.2. The number of imide groups is 1. The minimum Gasteiger partial charge on any atom is -0.467 e. The van der Waals surface area contributed by atoms with Crippen molar-refractivity contribution in [1.29, 1.82) is 0 Å². The number of methoxy groups -OCH3 is 1. The van der Waals surface area contributed by atoms with Crippen LogP contribution in [0.3, 0.4) is 0 Å². The smallest absolute Gasteiger partial charge is 0.411 e. The first-order valence-electron chi connectivity index (χ1n) is 10.3. The summed E-state index contributed by atoms with van der Waals surface area (Å²) in [6.07, 6.45) is -0.154. The van der Waals surface area contributed by atoms with Crippen LogP contribution in [-0.4, -0.2) is 65.1 Å². The van der Waals surface area contributed by atoms with E-state index in [1.54, 1.807) is 32.9 Å². The lowest BCUT2D eigenvalue weighted by Gasteiger charge is -2.27. The lowest BCUT2D eigenvalue weighted by Crippen LogP contribution is -2.43. The summed E-state index contributed by atoms with van der Waals surface area (Å²) in [5.74, 6) is -2.90. The molecule has 2 aliphatic rings. The Hall–Kier alpha value is -3.43. The zero-order valence-electron chi connectivity index (χ0n) is 18.5. The van der Waals surface area contributed by atoms with Gasteiger partial charge in [-0.2, -0.15) is 0 Å². The molecular formula is C22H26N2O8. The fourth-order valence-electron chi connectivity index (χ4n) is 3.73. The van der Waals surface area contributed by atoms with Crippen LogP contribution in [0.15, 0.2) is 24.3 Å². The molecule has 1 aromatic rings. The highest BCUT2D eigenvalue weighted by Crippen LogP contribution is 2.30. The third-order valence-electron chi connectivity index (χ3n) is 5.20. The molecule has 3 amide bonds. The first kappa shape index (κ1) is 23.2. The number of benzene rings is 1. The van der Waals surface area contributed by atoms with Gasteiger partial charge in [0.15, 0.2) is 0 Å². The maximum absolute atomic E-state index is 12.5. The van der Waals surface area contributed by atoms with E-state index < -0.39 is 41.5 Å². The Morgan fingerprint density at radius 1 is 1.06 bits per heavy atom. The summed E-state index contributed by atoms with van der Waals surface area (Å²) in [7, 11) is 1.24. The van der Waals surface area contributed by atoms with Gasteiger partial charge in [0.2, 0.25) is 0 Å². The van der Waals surface area contributed by atoms with E-state index in [4.69, 9.17) is 14.3 Å². The minimum absolute atomic E-state index is 0.103. The molecule has 3 rings (SSSR count). The highest BCUT2D eigenvalue weighted by molar-refractivity contribution is 6.20. The summed E-state index contributed by atoms with van der Waals surface area (Å²) in [6.45, 7) is 5.37. The Balaban J connectivity index is 1.58. The van der Waals surface area contributed by atoms with Gasteiger partial charge in [0.05, 0.1) is 18.2 Å². The topological polar surface area (TPSA) is 120 Å². The van der Waals surface area contributed by atoms with Crippen LogP contribution in [0.25, 0.3) is 0 Å². The van der Waals surface area contributed by atoms with Gasteiger partial charge in [-0.05, 0) is 51.7 Å². The van der Waals surface area contributed by atoms with E-state index in [0.29, 0.717) is 11.5 Å². The second-order valence-corrected chi connectivity index (χ2v) is 8.73. The summed E-state index contributed by atoms with van der Waals surface area (Å²) in [6, 6.07) is 5.39. The maximum atomic E-state index is 12.5. The predicted molar refractivity (Wildman–Crippen MR) is 109 cm³/mol. The Kier molecular flexibility index (Phi) is 6.52. The second kappa shape index (κ2) is 8.97. The van der Waals surface area contributed by atoms with E-state index in [0.717, 1.165) is 0 Å². The molecule has 0 spiro atoms. The molecule has 10 nitrogen and oxygen atoms in total. The quantitative estimate of drug-likeness (QED) is 0.499. The number of hydrogen-bond acceptors (Lipinski definition) is 8. The van der Waals surface area contributed by atoms with E-state index in [-0.39, 0.29) is 36.4 Å². The standard InChI is InChI=1S/C22H26N2O8/c1-22(2,3)31-21(29)23-12-13(11-16(23)20(28)30-4)9-10-17(25)32-24-18(26)14-7-5-6-8-15(14)19(24)27/h5-8,13,16H,9-12H2,1-4H3. The molecule has 1 aromatic carbocycles. The Morgan fingerprint density at radius 3 is 2.19 bits per heavy atom. The summed E-state index contributed by atoms with van der Waals surface area (Å²) in [4.78, 5) is 67.9. The monoisotopic (exact) mass is 446 g/mol. The van der Waals surface area contributed by atoms with E-state index in [2.05, 4.69) is 0 Å². The summed E-state index contributed by atoms with van der Waals surface area (Å²) >= 11 is 0. The number of nitrogens with zero attached hydrogens (tertiary/aromatic N) is 2. The molecule has 172 valence electrons. The van der Waals surface area contributed by atoms with Crippen molar-refractivity contribution in [3.63, 3.8) is 0 Å². The molecule has 2 atom stereocenters. The summed E-state index contributed by atoms with van der Waals surface area (Å²) in [5, 5.41) is 0.464. The fourth-order valence-corrected chi connectivity index (χ4v) is 3.73. The van der Waals surface area contributed by atoms with Crippen molar-refractivity contribution in [2.45, 2.75) is 51.7 Å². The van der Waals surface area contributed by atoms with Crippen LogP contribution < -0.4 is 0 Å². The highest BCUT2D eigenvalue weighted by Gasteiger charge is 2.43. The van der Waals surface area contributed by atoms with Crippen LogP contribution in [0.2, 0.25) is 0 Å². The van der Waals surface area contributed by atoms with Crippen molar-refractivity contribution in [3.8, 4) is 0 Å². The molecule has 0 radical (unpaired) electrons. The molecule has 32 heavy (non-hydrogen) atoms. The molecule has 2 aliphatic heterocycles. The Bertz CT molecular complexity index is 916. The van der Waals surface area contributed by atoms with E-state index in [1.165, 1.54) is 24.1 Å². The average molecular weight is 446 g/mol. The SMILES string of the molecule is COC(=O)C1CC(CCC(=O)ON2C(=O)c3ccccc3C2=O)CN1C(=O)OC(C)(C)C. The van der Waals surface area contributed by atoms with E-state index >= 15 is 0 Å². The van der Waals surface area contributed by atoms with Crippen molar-refractivity contribution in [2.75, 3.05) is 13.7 Å². The minimum atomic E-state index is -0.813.